The van der Waals surface area contributed by atoms with Crippen molar-refractivity contribution in [3.63, 3.8) is 0 Å². The van der Waals surface area contributed by atoms with Gasteiger partial charge < -0.3 is 4.90 Å². The second kappa shape index (κ2) is 6.17. The van der Waals surface area contributed by atoms with E-state index in [4.69, 9.17) is 0 Å². The first-order valence-corrected chi connectivity index (χ1v) is 8.66. The first-order chi connectivity index (χ1) is 11.1. The molecule has 2 fully saturated rings. The Morgan fingerprint density at radius 3 is 3.09 bits per heavy atom. The molecule has 2 atom stereocenters. The Balaban J connectivity index is 1.71. The van der Waals surface area contributed by atoms with Crippen LogP contribution in [0.3, 0.4) is 0 Å². The summed E-state index contributed by atoms with van der Waals surface area (Å²) >= 11 is 1.62. The van der Waals surface area contributed by atoms with Crippen LogP contribution in [0, 0.1) is 30.1 Å². The highest BCUT2D eigenvalue weighted by Crippen LogP contribution is 2.57. The summed E-state index contributed by atoms with van der Waals surface area (Å²) in [4.78, 5) is 18.9. The molecule has 0 radical (unpaired) electrons. The minimum absolute atomic E-state index is 0.0138. The predicted octanol–water partition coefficient (Wildman–Crippen LogP) is 3.34. The molecule has 2 aliphatic rings. The van der Waals surface area contributed by atoms with Gasteiger partial charge in [0, 0.05) is 24.0 Å². The number of fused-ring (bicyclic) bond motifs is 1. The van der Waals surface area contributed by atoms with E-state index in [0.29, 0.717) is 18.0 Å². The van der Waals surface area contributed by atoms with Gasteiger partial charge in [0.15, 0.2) is 0 Å². The molecule has 4 heteroatoms. The lowest BCUT2D eigenvalue weighted by molar-refractivity contribution is -0.126. The van der Waals surface area contributed by atoms with Crippen LogP contribution in [-0.2, 0) is 4.79 Å². The first kappa shape index (κ1) is 15.8. The number of aryl methyl sites for hydroxylation is 1. The average molecular weight is 324 g/mol. The number of rotatable bonds is 3. The Morgan fingerprint density at radius 2 is 2.43 bits per heavy atom. The topological polar surface area (TPSA) is 33.2 Å². The molecule has 0 spiro atoms. The zero-order chi connectivity index (χ0) is 16.4. The molecule has 2 unspecified atom stereocenters. The van der Waals surface area contributed by atoms with Crippen molar-refractivity contribution in [1.82, 2.24) is 9.88 Å². The second-order valence-corrected chi connectivity index (χ2v) is 7.16. The van der Waals surface area contributed by atoms with Crippen molar-refractivity contribution in [2.24, 2.45) is 11.3 Å². The van der Waals surface area contributed by atoms with Gasteiger partial charge in [-0.1, -0.05) is 30.7 Å². The fourth-order valence-corrected chi connectivity index (χ4v) is 3.60. The molecular weight excluding hydrogens is 304 g/mol. The lowest BCUT2D eigenvalue weighted by Gasteiger charge is -2.19. The summed E-state index contributed by atoms with van der Waals surface area (Å²) in [5, 5.41) is 3.02. The summed E-state index contributed by atoms with van der Waals surface area (Å²) in [6.07, 6.45) is 8.31. The number of allylic oxidation sites excluding steroid dienone is 3. The van der Waals surface area contributed by atoms with Gasteiger partial charge in [0.1, 0.15) is 5.69 Å². The molecule has 1 aromatic heterocycles. The maximum atomic E-state index is 12.6. The molecule has 0 N–H and O–H groups in total. The molecule has 1 saturated heterocycles. The van der Waals surface area contributed by atoms with E-state index >= 15 is 0 Å². The molecule has 2 heterocycles. The first-order valence-electron chi connectivity index (χ1n) is 7.78. The van der Waals surface area contributed by atoms with Crippen molar-refractivity contribution in [1.29, 1.82) is 0 Å². The van der Waals surface area contributed by atoms with Crippen molar-refractivity contribution in [2.45, 2.75) is 20.3 Å². The number of hydrogen-bond donors (Lipinski definition) is 0. The van der Waals surface area contributed by atoms with Crippen LogP contribution in [0.1, 0.15) is 24.0 Å². The second-order valence-electron chi connectivity index (χ2n) is 6.10. The third-order valence-electron chi connectivity index (χ3n) is 4.43. The van der Waals surface area contributed by atoms with Crippen LogP contribution in [-0.4, -0.2) is 28.9 Å². The Morgan fingerprint density at radius 1 is 1.61 bits per heavy atom. The molecule has 1 aromatic rings. The van der Waals surface area contributed by atoms with E-state index < -0.39 is 0 Å². The number of carbonyl (C=O) groups excluding carboxylic acids is 1. The van der Waals surface area contributed by atoms with Crippen LogP contribution in [0.5, 0.6) is 0 Å². The summed E-state index contributed by atoms with van der Waals surface area (Å²) in [7, 11) is 0. The third-order valence-corrected chi connectivity index (χ3v) is 5.20. The monoisotopic (exact) mass is 324 g/mol. The van der Waals surface area contributed by atoms with Crippen molar-refractivity contribution >= 4 is 17.2 Å². The third kappa shape index (κ3) is 3.16. The van der Waals surface area contributed by atoms with Crippen LogP contribution >= 0.6 is 11.3 Å². The number of carbonyl (C=O) groups is 1. The smallest absolute Gasteiger partial charge is 0.253 e. The van der Waals surface area contributed by atoms with E-state index in [0.717, 1.165) is 23.7 Å². The molecule has 1 saturated carbocycles. The van der Waals surface area contributed by atoms with Gasteiger partial charge in [-0.3, -0.25) is 4.79 Å². The highest BCUT2D eigenvalue weighted by atomic mass is 32.1. The zero-order valence-corrected chi connectivity index (χ0v) is 14.3. The minimum atomic E-state index is -0.0138. The van der Waals surface area contributed by atoms with Crippen LogP contribution in [0.4, 0.5) is 0 Å². The zero-order valence-electron chi connectivity index (χ0n) is 13.5. The number of hydrogen-bond acceptors (Lipinski definition) is 3. The van der Waals surface area contributed by atoms with E-state index in [1.165, 1.54) is 0 Å². The lowest BCUT2D eigenvalue weighted by Crippen LogP contribution is -2.32. The summed E-state index contributed by atoms with van der Waals surface area (Å²) in [5.74, 6) is 7.14. The number of likely N-dealkylation sites (tertiary alicyclic amines) is 1. The standard InChI is InChI=1S/C19H20N2OS/c1-4-6-7-15(5-2)18(22)21-11-16-10-19(16,13-21)9-8-17-12-23-14(3)20-17/h4-7,12,16H,2,10-11,13H2,1,3H3/b6-4-,15-7+. The normalized spacial score (nSPS) is 25.9. The van der Waals surface area contributed by atoms with E-state index in [1.807, 2.05) is 42.4 Å². The van der Waals surface area contributed by atoms with E-state index in [-0.39, 0.29) is 11.3 Å². The summed E-state index contributed by atoms with van der Waals surface area (Å²) in [6.45, 7) is 9.17. The maximum Gasteiger partial charge on any atom is 0.253 e. The highest BCUT2D eigenvalue weighted by molar-refractivity contribution is 7.09. The van der Waals surface area contributed by atoms with Crippen LogP contribution in [0.2, 0.25) is 0 Å². The summed E-state index contributed by atoms with van der Waals surface area (Å²) < 4.78 is 0. The van der Waals surface area contributed by atoms with Crippen molar-refractivity contribution in [3.8, 4) is 11.8 Å². The lowest BCUT2D eigenvalue weighted by atomic mass is 10.1. The molecule has 23 heavy (non-hydrogen) atoms. The molecule has 118 valence electrons. The van der Waals surface area contributed by atoms with Gasteiger partial charge in [0.2, 0.25) is 0 Å². The molecule has 3 nitrogen and oxygen atoms in total. The Hall–Kier alpha value is -2.12. The van der Waals surface area contributed by atoms with Gasteiger partial charge in [0.25, 0.3) is 5.91 Å². The predicted molar refractivity (Wildman–Crippen MR) is 93.9 cm³/mol. The molecule has 0 bridgehead atoms. The van der Waals surface area contributed by atoms with Gasteiger partial charge >= 0.3 is 0 Å². The molecule has 1 aliphatic carbocycles. The van der Waals surface area contributed by atoms with Gasteiger partial charge in [0.05, 0.1) is 10.4 Å². The summed E-state index contributed by atoms with van der Waals surface area (Å²) in [5.41, 5.74) is 1.47. The van der Waals surface area contributed by atoms with E-state index in [1.54, 1.807) is 17.4 Å². The van der Waals surface area contributed by atoms with Crippen LogP contribution < -0.4 is 0 Å². The van der Waals surface area contributed by atoms with Gasteiger partial charge in [-0.25, -0.2) is 4.98 Å². The molecule has 1 aliphatic heterocycles. The van der Waals surface area contributed by atoms with E-state index in [2.05, 4.69) is 23.4 Å². The fourth-order valence-electron chi connectivity index (χ4n) is 3.05. The number of thiazole rings is 1. The minimum Gasteiger partial charge on any atom is -0.337 e. The number of nitrogens with zero attached hydrogens (tertiary/aromatic N) is 2. The van der Waals surface area contributed by atoms with Crippen molar-refractivity contribution in [3.05, 3.63) is 52.5 Å². The number of amides is 1. The van der Waals surface area contributed by atoms with Gasteiger partial charge in [-0.15, -0.1) is 11.3 Å². The van der Waals surface area contributed by atoms with Crippen LogP contribution in [0.25, 0.3) is 0 Å². The van der Waals surface area contributed by atoms with Crippen molar-refractivity contribution in [2.75, 3.05) is 13.1 Å². The quantitative estimate of drug-likeness (QED) is 0.485. The fraction of sp³-hybridized carbons (Fsp3) is 0.368. The van der Waals surface area contributed by atoms with Crippen LogP contribution in [0.15, 0.2) is 41.8 Å². The Bertz CT molecular complexity index is 762. The van der Waals surface area contributed by atoms with Gasteiger partial charge in [-0.05, 0) is 38.2 Å². The number of aromatic nitrogens is 1. The van der Waals surface area contributed by atoms with Crippen molar-refractivity contribution < 1.29 is 4.79 Å². The Kier molecular flexibility index (Phi) is 4.23. The summed E-state index contributed by atoms with van der Waals surface area (Å²) in [6, 6.07) is 0. The molecule has 3 rings (SSSR count). The highest BCUT2D eigenvalue weighted by Gasteiger charge is 2.60. The SMILES string of the molecule is C=C/C(=C\C=C/C)C(=O)N1CC2CC2(C#Cc2csc(C)n2)C1. The van der Waals surface area contributed by atoms with Gasteiger partial charge in [-0.2, -0.15) is 0 Å². The molecule has 0 aromatic carbocycles. The maximum absolute atomic E-state index is 12.6. The Labute approximate surface area is 141 Å². The average Bonchev–Trinajstić information content (AvgIpc) is 2.88. The molecule has 1 amide bonds. The largest absolute Gasteiger partial charge is 0.337 e. The number of piperidine rings is 1. The molecular formula is C19H20N2OS. The van der Waals surface area contributed by atoms with E-state index in [9.17, 15) is 4.79 Å².